The number of aryl methyl sites for hydroxylation is 1. The van der Waals surface area contributed by atoms with Crippen molar-refractivity contribution in [3.8, 4) is 5.75 Å². The molecular weight excluding hydrogens is 328 g/mol. The lowest BCUT2D eigenvalue weighted by Gasteiger charge is -2.15. The lowest BCUT2D eigenvalue weighted by atomic mass is 10.0. The van der Waals surface area contributed by atoms with Gasteiger partial charge in [-0.3, -0.25) is 9.59 Å². The monoisotopic (exact) mass is 350 g/mol. The zero-order chi connectivity index (χ0) is 18.5. The summed E-state index contributed by atoms with van der Waals surface area (Å²) in [5.74, 6) is 0.603. The van der Waals surface area contributed by atoms with Crippen molar-refractivity contribution in [1.82, 2.24) is 10.3 Å². The van der Waals surface area contributed by atoms with Gasteiger partial charge in [0.1, 0.15) is 5.75 Å². The number of carbonyl (C=O) groups excluding carboxylic acids is 1. The van der Waals surface area contributed by atoms with E-state index < -0.39 is 0 Å². The first-order valence-electron chi connectivity index (χ1n) is 8.62. The van der Waals surface area contributed by atoms with Crippen LogP contribution in [0.4, 0.5) is 0 Å². The van der Waals surface area contributed by atoms with Crippen molar-refractivity contribution >= 4 is 16.8 Å². The second kappa shape index (κ2) is 7.87. The summed E-state index contributed by atoms with van der Waals surface area (Å²) < 4.78 is 5.16. The van der Waals surface area contributed by atoms with Crippen LogP contribution in [0.25, 0.3) is 10.9 Å². The number of fused-ring (bicyclic) bond motifs is 1. The molecule has 1 atom stereocenters. The molecule has 0 aliphatic rings. The second-order valence-corrected chi connectivity index (χ2v) is 6.35. The molecule has 0 fully saturated rings. The molecule has 0 saturated heterocycles. The molecule has 5 nitrogen and oxygen atoms in total. The Morgan fingerprint density at radius 1 is 1.15 bits per heavy atom. The highest BCUT2D eigenvalue weighted by Gasteiger charge is 2.14. The molecule has 1 amide bonds. The Morgan fingerprint density at radius 3 is 2.62 bits per heavy atom. The zero-order valence-corrected chi connectivity index (χ0v) is 14.9. The van der Waals surface area contributed by atoms with Gasteiger partial charge in [0.2, 0.25) is 5.56 Å². The first-order chi connectivity index (χ1) is 12.6. The van der Waals surface area contributed by atoms with Crippen molar-refractivity contribution in [3.05, 3.63) is 76.1 Å². The summed E-state index contributed by atoms with van der Waals surface area (Å²) in [6.07, 6.45) is 1.65. The zero-order valence-electron chi connectivity index (χ0n) is 14.9. The minimum atomic E-state index is -0.278. The molecule has 0 spiro atoms. The molecule has 3 aromatic rings. The summed E-state index contributed by atoms with van der Waals surface area (Å²) in [5.41, 5.74) is 1.98. The molecule has 2 N–H and O–H groups in total. The van der Waals surface area contributed by atoms with Gasteiger partial charge in [-0.25, -0.2) is 0 Å². The fourth-order valence-electron chi connectivity index (χ4n) is 2.94. The number of H-pyrrole nitrogens is 1. The van der Waals surface area contributed by atoms with Crippen molar-refractivity contribution in [3.63, 3.8) is 0 Å². The number of pyridine rings is 1. The SMILES string of the molecule is COc1ccc(CC[C@H](C)NC(=O)c2cc(=O)[nH]c3ccccc23)cc1. The maximum atomic E-state index is 12.6. The van der Waals surface area contributed by atoms with E-state index in [0.29, 0.717) is 11.1 Å². The van der Waals surface area contributed by atoms with Crippen LogP contribution in [-0.4, -0.2) is 24.0 Å². The molecule has 1 heterocycles. The maximum Gasteiger partial charge on any atom is 0.252 e. The number of aromatic amines is 1. The van der Waals surface area contributed by atoms with Gasteiger partial charge in [-0.05, 0) is 43.5 Å². The first kappa shape index (κ1) is 17.7. The van der Waals surface area contributed by atoms with Crippen molar-refractivity contribution in [2.75, 3.05) is 7.11 Å². The lowest BCUT2D eigenvalue weighted by molar-refractivity contribution is 0.0940. The summed E-state index contributed by atoms with van der Waals surface area (Å²) >= 11 is 0. The predicted molar refractivity (Wildman–Crippen MR) is 103 cm³/mol. The van der Waals surface area contributed by atoms with Gasteiger partial charge in [-0.2, -0.15) is 0 Å². The van der Waals surface area contributed by atoms with Gasteiger partial charge in [-0.15, -0.1) is 0 Å². The molecule has 3 rings (SSSR count). The van der Waals surface area contributed by atoms with E-state index in [-0.39, 0.29) is 17.5 Å². The van der Waals surface area contributed by atoms with Crippen molar-refractivity contribution in [1.29, 1.82) is 0 Å². The Morgan fingerprint density at radius 2 is 1.88 bits per heavy atom. The third-order valence-electron chi connectivity index (χ3n) is 4.40. The standard InChI is InChI=1S/C21H22N2O3/c1-14(7-8-15-9-11-16(26-2)12-10-15)22-21(25)18-13-20(24)23-19-6-4-3-5-17(18)19/h3-6,9-14H,7-8H2,1-2H3,(H,22,25)(H,23,24)/t14-/m0/s1. The molecule has 0 radical (unpaired) electrons. The minimum absolute atomic E-state index is 0.0114. The van der Waals surface area contributed by atoms with Gasteiger partial charge in [0.15, 0.2) is 0 Å². The molecule has 134 valence electrons. The van der Waals surface area contributed by atoms with E-state index in [2.05, 4.69) is 10.3 Å². The number of nitrogens with one attached hydrogen (secondary N) is 2. The van der Waals surface area contributed by atoms with Crippen LogP contribution in [0.1, 0.15) is 29.3 Å². The Kier molecular flexibility index (Phi) is 5.37. The molecule has 1 aromatic heterocycles. The molecule has 0 bridgehead atoms. The summed E-state index contributed by atoms with van der Waals surface area (Å²) in [6, 6.07) is 16.6. The fourth-order valence-corrected chi connectivity index (χ4v) is 2.94. The van der Waals surface area contributed by atoms with Gasteiger partial charge in [-0.1, -0.05) is 30.3 Å². The lowest BCUT2D eigenvalue weighted by Crippen LogP contribution is -2.33. The van der Waals surface area contributed by atoms with Gasteiger partial charge in [0.05, 0.1) is 12.7 Å². The number of aromatic nitrogens is 1. The highest BCUT2D eigenvalue weighted by Crippen LogP contribution is 2.16. The van der Waals surface area contributed by atoms with E-state index in [9.17, 15) is 9.59 Å². The number of hydrogen-bond donors (Lipinski definition) is 2. The van der Waals surface area contributed by atoms with E-state index in [0.717, 1.165) is 24.0 Å². The average Bonchev–Trinajstić information content (AvgIpc) is 2.66. The number of ether oxygens (including phenoxy) is 1. The first-order valence-corrected chi connectivity index (χ1v) is 8.62. The molecule has 2 aromatic carbocycles. The molecule has 0 aliphatic carbocycles. The van der Waals surface area contributed by atoms with Crippen LogP contribution in [0, 0.1) is 0 Å². The Hall–Kier alpha value is -3.08. The number of methoxy groups -OCH3 is 1. The van der Waals surface area contributed by atoms with E-state index >= 15 is 0 Å². The third-order valence-corrected chi connectivity index (χ3v) is 4.40. The number of para-hydroxylation sites is 1. The molecule has 26 heavy (non-hydrogen) atoms. The van der Waals surface area contributed by atoms with E-state index in [1.165, 1.54) is 11.6 Å². The van der Waals surface area contributed by atoms with E-state index in [1.807, 2.05) is 49.4 Å². The number of rotatable bonds is 6. The van der Waals surface area contributed by atoms with Gasteiger partial charge in [0, 0.05) is 23.0 Å². The number of amides is 1. The Bertz CT molecular complexity index is 961. The smallest absolute Gasteiger partial charge is 0.252 e. The van der Waals surface area contributed by atoms with E-state index in [4.69, 9.17) is 4.74 Å². The quantitative estimate of drug-likeness (QED) is 0.717. The van der Waals surface area contributed by atoms with Crippen LogP contribution in [-0.2, 0) is 6.42 Å². The summed E-state index contributed by atoms with van der Waals surface area (Å²) in [4.78, 5) is 27.2. The van der Waals surface area contributed by atoms with Gasteiger partial charge in [0.25, 0.3) is 5.91 Å². The molecule has 0 unspecified atom stereocenters. The highest BCUT2D eigenvalue weighted by atomic mass is 16.5. The van der Waals surface area contributed by atoms with Gasteiger partial charge < -0.3 is 15.0 Å². The average molecular weight is 350 g/mol. The fraction of sp³-hybridized carbons (Fsp3) is 0.238. The summed E-state index contributed by atoms with van der Waals surface area (Å²) in [7, 11) is 1.64. The largest absolute Gasteiger partial charge is 0.497 e. The molecule has 0 saturated carbocycles. The Labute approximate surface area is 152 Å². The number of hydrogen-bond acceptors (Lipinski definition) is 3. The summed E-state index contributed by atoms with van der Waals surface area (Å²) in [5, 5.41) is 3.73. The van der Waals surface area contributed by atoms with Crippen LogP contribution < -0.4 is 15.6 Å². The van der Waals surface area contributed by atoms with Crippen LogP contribution in [0.15, 0.2) is 59.4 Å². The topological polar surface area (TPSA) is 71.2 Å². The summed E-state index contributed by atoms with van der Waals surface area (Å²) in [6.45, 7) is 1.97. The second-order valence-electron chi connectivity index (χ2n) is 6.35. The number of carbonyl (C=O) groups is 1. The minimum Gasteiger partial charge on any atom is -0.497 e. The normalized spacial score (nSPS) is 11.9. The molecular formula is C21H22N2O3. The van der Waals surface area contributed by atoms with Crippen molar-refractivity contribution < 1.29 is 9.53 Å². The van der Waals surface area contributed by atoms with Crippen molar-refractivity contribution in [2.24, 2.45) is 0 Å². The van der Waals surface area contributed by atoms with Crippen molar-refractivity contribution in [2.45, 2.75) is 25.8 Å². The van der Waals surface area contributed by atoms with Crippen LogP contribution in [0.2, 0.25) is 0 Å². The van der Waals surface area contributed by atoms with E-state index in [1.54, 1.807) is 13.2 Å². The van der Waals surface area contributed by atoms with Crippen LogP contribution in [0.5, 0.6) is 5.75 Å². The number of benzene rings is 2. The maximum absolute atomic E-state index is 12.6. The highest BCUT2D eigenvalue weighted by molar-refractivity contribution is 6.06. The predicted octanol–water partition coefficient (Wildman–Crippen LogP) is 3.29. The van der Waals surface area contributed by atoms with Crippen LogP contribution in [0.3, 0.4) is 0 Å². The van der Waals surface area contributed by atoms with Crippen LogP contribution >= 0.6 is 0 Å². The molecule has 0 aliphatic heterocycles. The Balaban J connectivity index is 1.66. The molecule has 5 heteroatoms. The third kappa shape index (κ3) is 4.11. The van der Waals surface area contributed by atoms with Gasteiger partial charge >= 0.3 is 0 Å².